The average Bonchev–Trinajstić information content (AvgIpc) is 2.35. The van der Waals surface area contributed by atoms with Gasteiger partial charge in [0.2, 0.25) is 0 Å². The smallest absolute Gasteiger partial charge is 0.305 e. The summed E-state index contributed by atoms with van der Waals surface area (Å²) in [5, 5.41) is 0. The molecule has 0 amide bonds. The fraction of sp³-hybridized carbons (Fsp3) is 0.643. The summed E-state index contributed by atoms with van der Waals surface area (Å²) >= 11 is 0. The molecule has 0 rings (SSSR count). The van der Waals surface area contributed by atoms with Crippen LogP contribution in [0.15, 0.2) is 24.5 Å². The molecule has 0 spiro atoms. The predicted molar refractivity (Wildman–Crippen MR) is 69.6 cm³/mol. The number of carbonyl (C=O) groups is 1. The van der Waals surface area contributed by atoms with E-state index in [1.165, 1.54) is 26.4 Å². The Morgan fingerprint density at radius 2 is 1.71 bits per heavy atom. The lowest BCUT2D eigenvalue weighted by molar-refractivity contribution is -0.140. The van der Waals surface area contributed by atoms with E-state index in [1.54, 1.807) is 13.4 Å². The summed E-state index contributed by atoms with van der Waals surface area (Å²) in [7, 11) is 3.07. The van der Waals surface area contributed by atoms with Gasteiger partial charge in [-0.2, -0.15) is 0 Å². The molecule has 0 aromatic rings. The van der Waals surface area contributed by atoms with Crippen LogP contribution >= 0.6 is 0 Å². The number of unbranched alkanes of at least 4 members (excludes halogenated alkanes) is 5. The third kappa shape index (κ3) is 12.7. The molecule has 0 aliphatic carbocycles. The van der Waals surface area contributed by atoms with Gasteiger partial charge in [0.05, 0.1) is 20.5 Å². The lowest BCUT2D eigenvalue weighted by Gasteiger charge is -1.99. The Hall–Kier alpha value is -1.25. The maximum absolute atomic E-state index is 10.8. The van der Waals surface area contributed by atoms with Gasteiger partial charge in [0, 0.05) is 6.42 Å². The van der Waals surface area contributed by atoms with Crippen LogP contribution in [0.2, 0.25) is 0 Å². The highest BCUT2D eigenvalue weighted by molar-refractivity contribution is 5.68. The third-order valence-corrected chi connectivity index (χ3v) is 2.44. The average molecular weight is 240 g/mol. The van der Waals surface area contributed by atoms with Crippen LogP contribution in [-0.4, -0.2) is 20.2 Å². The fourth-order valence-electron chi connectivity index (χ4n) is 1.46. The summed E-state index contributed by atoms with van der Waals surface area (Å²) < 4.78 is 9.35. The summed E-state index contributed by atoms with van der Waals surface area (Å²) in [6.07, 6.45) is 15.0. The Morgan fingerprint density at radius 1 is 1.00 bits per heavy atom. The van der Waals surface area contributed by atoms with Crippen molar-refractivity contribution in [3.05, 3.63) is 24.5 Å². The first-order valence-corrected chi connectivity index (χ1v) is 6.22. The van der Waals surface area contributed by atoms with Gasteiger partial charge >= 0.3 is 5.97 Å². The molecule has 0 aromatic heterocycles. The summed E-state index contributed by atoms with van der Waals surface area (Å²) in [5.74, 6) is -0.0992. The van der Waals surface area contributed by atoms with Gasteiger partial charge in [0.15, 0.2) is 0 Å². The normalized spacial score (nSPS) is 11.2. The number of hydrogen-bond donors (Lipinski definition) is 0. The van der Waals surface area contributed by atoms with E-state index in [0.29, 0.717) is 6.42 Å². The lowest BCUT2D eigenvalue weighted by Crippen LogP contribution is -1.98. The first-order chi connectivity index (χ1) is 8.31. The predicted octanol–water partition coefficient (Wildman–Crippen LogP) is 3.61. The van der Waals surface area contributed by atoms with E-state index in [4.69, 9.17) is 4.74 Å². The molecule has 17 heavy (non-hydrogen) atoms. The van der Waals surface area contributed by atoms with Crippen molar-refractivity contribution < 1.29 is 14.3 Å². The molecule has 3 nitrogen and oxygen atoms in total. The number of rotatable bonds is 10. The number of hydrogen-bond acceptors (Lipinski definition) is 3. The van der Waals surface area contributed by atoms with Crippen LogP contribution in [0.5, 0.6) is 0 Å². The maximum atomic E-state index is 10.8. The summed E-state index contributed by atoms with van der Waals surface area (Å²) in [5.41, 5.74) is 0. The topological polar surface area (TPSA) is 35.5 Å². The maximum Gasteiger partial charge on any atom is 0.305 e. The van der Waals surface area contributed by atoms with Crippen LogP contribution in [0.4, 0.5) is 0 Å². The standard InChI is InChI=1S/C14H24O3/c1-16-13-11-9-7-5-3-4-6-8-10-12-14(15)17-2/h7,9,11,13H,3-6,8,10,12H2,1-2H3. The Morgan fingerprint density at radius 3 is 2.41 bits per heavy atom. The first kappa shape index (κ1) is 15.8. The quantitative estimate of drug-likeness (QED) is 0.253. The van der Waals surface area contributed by atoms with Crippen molar-refractivity contribution in [2.75, 3.05) is 14.2 Å². The molecule has 3 heteroatoms. The lowest BCUT2D eigenvalue weighted by atomic mass is 10.1. The molecule has 0 saturated carbocycles. The zero-order valence-electron chi connectivity index (χ0n) is 11.0. The van der Waals surface area contributed by atoms with Gasteiger partial charge < -0.3 is 9.47 Å². The minimum atomic E-state index is -0.0992. The van der Waals surface area contributed by atoms with Crippen molar-refractivity contribution in [1.82, 2.24) is 0 Å². The van der Waals surface area contributed by atoms with Crippen LogP contribution in [0, 0.1) is 0 Å². The Bertz CT molecular complexity index is 232. The molecule has 0 heterocycles. The van der Waals surface area contributed by atoms with Crippen molar-refractivity contribution in [3.63, 3.8) is 0 Å². The van der Waals surface area contributed by atoms with Crippen molar-refractivity contribution in [1.29, 1.82) is 0 Å². The summed E-state index contributed by atoms with van der Waals surface area (Å²) in [6, 6.07) is 0. The SMILES string of the molecule is COC=CC=CCCCCCCCC(=O)OC. The first-order valence-electron chi connectivity index (χ1n) is 6.22. The molecule has 0 atom stereocenters. The van der Waals surface area contributed by atoms with E-state index in [1.807, 2.05) is 12.2 Å². The van der Waals surface area contributed by atoms with E-state index >= 15 is 0 Å². The summed E-state index contributed by atoms with van der Waals surface area (Å²) in [6.45, 7) is 0. The Kier molecular flexibility index (Phi) is 11.9. The van der Waals surface area contributed by atoms with Gasteiger partial charge in [-0.25, -0.2) is 0 Å². The van der Waals surface area contributed by atoms with E-state index < -0.39 is 0 Å². The van der Waals surface area contributed by atoms with Crippen molar-refractivity contribution in [3.8, 4) is 0 Å². The van der Waals surface area contributed by atoms with Crippen molar-refractivity contribution in [2.45, 2.75) is 44.9 Å². The number of esters is 1. The van der Waals surface area contributed by atoms with Crippen molar-refractivity contribution >= 4 is 5.97 Å². The van der Waals surface area contributed by atoms with Crippen LogP contribution < -0.4 is 0 Å². The Labute approximate surface area is 104 Å². The molecule has 0 aliphatic heterocycles. The molecule has 0 bridgehead atoms. The molecule has 0 radical (unpaired) electrons. The van der Waals surface area contributed by atoms with Gasteiger partial charge in [0.25, 0.3) is 0 Å². The number of methoxy groups -OCH3 is 2. The molecule has 0 N–H and O–H groups in total. The minimum absolute atomic E-state index is 0.0992. The molecule has 0 saturated heterocycles. The van der Waals surface area contributed by atoms with Gasteiger partial charge in [0.1, 0.15) is 0 Å². The zero-order chi connectivity index (χ0) is 12.8. The number of carbonyl (C=O) groups excluding carboxylic acids is 1. The van der Waals surface area contributed by atoms with Gasteiger partial charge in [-0.1, -0.05) is 31.4 Å². The van der Waals surface area contributed by atoms with Crippen molar-refractivity contribution in [2.24, 2.45) is 0 Å². The second-order valence-corrected chi connectivity index (χ2v) is 3.87. The zero-order valence-corrected chi connectivity index (χ0v) is 11.0. The largest absolute Gasteiger partial charge is 0.504 e. The highest BCUT2D eigenvalue weighted by Crippen LogP contribution is 2.07. The van der Waals surface area contributed by atoms with Crippen LogP contribution in [-0.2, 0) is 14.3 Å². The fourth-order valence-corrected chi connectivity index (χ4v) is 1.46. The second kappa shape index (κ2) is 12.8. The van der Waals surface area contributed by atoms with E-state index in [9.17, 15) is 4.79 Å². The molecule has 0 aromatic carbocycles. The molecule has 0 fully saturated rings. The second-order valence-electron chi connectivity index (χ2n) is 3.87. The van der Waals surface area contributed by atoms with E-state index in [2.05, 4.69) is 10.8 Å². The molecular weight excluding hydrogens is 216 g/mol. The van der Waals surface area contributed by atoms with Gasteiger partial charge in [-0.05, 0) is 25.3 Å². The van der Waals surface area contributed by atoms with Crippen LogP contribution in [0.1, 0.15) is 44.9 Å². The van der Waals surface area contributed by atoms with Crippen LogP contribution in [0.25, 0.3) is 0 Å². The molecule has 0 aliphatic rings. The molecule has 0 unspecified atom stereocenters. The monoisotopic (exact) mass is 240 g/mol. The van der Waals surface area contributed by atoms with Crippen LogP contribution in [0.3, 0.4) is 0 Å². The van der Waals surface area contributed by atoms with Gasteiger partial charge in [-0.15, -0.1) is 0 Å². The minimum Gasteiger partial charge on any atom is -0.504 e. The number of ether oxygens (including phenoxy) is 2. The van der Waals surface area contributed by atoms with E-state index in [-0.39, 0.29) is 5.97 Å². The number of allylic oxidation sites excluding steroid dienone is 3. The molecule has 98 valence electrons. The molecular formula is C14H24O3. The summed E-state index contributed by atoms with van der Waals surface area (Å²) in [4.78, 5) is 10.8. The highest BCUT2D eigenvalue weighted by Gasteiger charge is 1.98. The van der Waals surface area contributed by atoms with Gasteiger partial charge in [-0.3, -0.25) is 4.79 Å². The Balaban J connectivity index is 3.16. The highest BCUT2D eigenvalue weighted by atomic mass is 16.5. The third-order valence-electron chi connectivity index (χ3n) is 2.44. The van der Waals surface area contributed by atoms with E-state index in [0.717, 1.165) is 19.3 Å².